The highest BCUT2D eigenvalue weighted by molar-refractivity contribution is 5.92. The first kappa shape index (κ1) is 20.2. The average molecular weight is 296 g/mol. The van der Waals surface area contributed by atoms with Gasteiger partial charge >= 0.3 is 0 Å². The molecular formula is C18H36N2O. The lowest BCUT2D eigenvalue weighted by Crippen LogP contribution is -2.34. The number of amides is 1. The summed E-state index contributed by atoms with van der Waals surface area (Å²) in [6, 6.07) is 0. The van der Waals surface area contributed by atoms with Crippen LogP contribution in [0.5, 0.6) is 0 Å². The topological polar surface area (TPSA) is 46.3 Å². The van der Waals surface area contributed by atoms with Crippen molar-refractivity contribution in [2.24, 2.45) is 5.73 Å². The minimum Gasteiger partial charge on any atom is -0.339 e. The molecule has 3 heteroatoms. The molecule has 3 nitrogen and oxygen atoms in total. The minimum atomic E-state index is 0.149. The molecule has 0 heterocycles. The standard InChI is InChI=1S/C18H36N2O/c1-4-6-8-10-15-20(16-11-9-7-5-2)18(21)17(3)13-12-14-19/h3-16,19H2,1-2H3. The summed E-state index contributed by atoms with van der Waals surface area (Å²) in [7, 11) is 0. The van der Waals surface area contributed by atoms with Crippen molar-refractivity contribution in [3.8, 4) is 0 Å². The zero-order valence-corrected chi connectivity index (χ0v) is 14.3. The van der Waals surface area contributed by atoms with Crippen molar-refractivity contribution in [2.75, 3.05) is 19.6 Å². The maximum Gasteiger partial charge on any atom is 0.249 e. The van der Waals surface area contributed by atoms with E-state index in [0.29, 0.717) is 6.54 Å². The lowest BCUT2D eigenvalue weighted by Gasteiger charge is -2.24. The van der Waals surface area contributed by atoms with Crippen LogP contribution in [0.15, 0.2) is 12.2 Å². The number of hydrogen-bond acceptors (Lipinski definition) is 2. The second-order valence-electron chi connectivity index (χ2n) is 5.91. The Bertz CT molecular complexity index is 264. The van der Waals surface area contributed by atoms with Crippen LogP contribution in [-0.2, 0) is 4.79 Å². The normalized spacial score (nSPS) is 10.6. The third kappa shape index (κ3) is 10.5. The lowest BCUT2D eigenvalue weighted by atomic mass is 10.1. The molecule has 124 valence electrons. The predicted molar refractivity (Wildman–Crippen MR) is 92.3 cm³/mol. The van der Waals surface area contributed by atoms with Crippen molar-refractivity contribution < 1.29 is 4.79 Å². The van der Waals surface area contributed by atoms with E-state index >= 15 is 0 Å². The third-order valence-corrected chi connectivity index (χ3v) is 3.84. The molecule has 0 aliphatic carbocycles. The van der Waals surface area contributed by atoms with Crippen molar-refractivity contribution in [3.05, 3.63) is 12.2 Å². The Kier molecular flexibility index (Phi) is 13.6. The molecular weight excluding hydrogens is 260 g/mol. The average Bonchev–Trinajstić information content (AvgIpc) is 2.50. The van der Waals surface area contributed by atoms with Crippen molar-refractivity contribution in [2.45, 2.75) is 78.1 Å². The van der Waals surface area contributed by atoms with Gasteiger partial charge in [-0.3, -0.25) is 4.79 Å². The summed E-state index contributed by atoms with van der Waals surface area (Å²) in [4.78, 5) is 14.5. The van der Waals surface area contributed by atoms with Gasteiger partial charge in [-0.1, -0.05) is 59.0 Å². The molecule has 0 fully saturated rings. The molecule has 0 radical (unpaired) electrons. The highest BCUT2D eigenvalue weighted by atomic mass is 16.2. The number of nitrogens with two attached hydrogens (primary N) is 1. The highest BCUT2D eigenvalue weighted by Gasteiger charge is 2.15. The van der Waals surface area contributed by atoms with E-state index in [-0.39, 0.29) is 5.91 Å². The molecule has 0 aromatic heterocycles. The molecule has 0 aliphatic rings. The second kappa shape index (κ2) is 14.1. The van der Waals surface area contributed by atoms with Gasteiger partial charge < -0.3 is 10.6 Å². The molecule has 0 aromatic carbocycles. The van der Waals surface area contributed by atoms with Crippen molar-refractivity contribution in [1.29, 1.82) is 0 Å². The van der Waals surface area contributed by atoms with Crippen LogP contribution in [0.4, 0.5) is 0 Å². The van der Waals surface area contributed by atoms with Gasteiger partial charge in [0.05, 0.1) is 0 Å². The number of hydrogen-bond donors (Lipinski definition) is 1. The van der Waals surface area contributed by atoms with Crippen LogP contribution in [0.2, 0.25) is 0 Å². The molecule has 0 atom stereocenters. The first-order valence-corrected chi connectivity index (χ1v) is 8.84. The van der Waals surface area contributed by atoms with Gasteiger partial charge in [0.25, 0.3) is 0 Å². The van der Waals surface area contributed by atoms with Gasteiger partial charge in [-0.2, -0.15) is 0 Å². The summed E-state index contributed by atoms with van der Waals surface area (Å²) >= 11 is 0. The van der Waals surface area contributed by atoms with Crippen LogP contribution in [-0.4, -0.2) is 30.4 Å². The molecule has 0 saturated carbocycles. The van der Waals surface area contributed by atoms with E-state index < -0.39 is 0 Å². The molecule has 21 heavy (non-hydrogen) atoms. The molecule has 1 amide bonds. The monoisotopic (exact) mass is 296 g/mol. The van der Waals surface area contributed by atoms with Crippen molar-refractivity contribution in [3.63, 3.8) is 0 Å². The SMILES string of the molecule is C=C(CCCN)C(=O)N(CCCCCC)CCCCCC. The summed E-state index contributed by atoms with van der Waals surface area (Å²) in [5.74, 6) is 0.149. The van der Waals surface area contributed by atoms with Crippen LogP contribution < -0.4 is 5.73 Å². The Morgan fingerprint density at radius 1 is 0.905 bits per heavy atom. The van der Waals surface area contributed by atoms with E-state index in [0.717, 1.165) is 44.3 Å². The first-order chi connectivity index (χ1) is 10.2. The van der Waals surface area contributed by atoms with E-state index in [4.69, 9.17) is 5.73 Å². The van der Waals surface area contributed by atoms with E-state index in [9.17, 15) is 4.79 Å². The maximum atomic E-state index is 12.5. The lowest BCUT2D eigenvalue weighted by molar-refractivity contribution is -0.127. The van der Waals surface area contributed by atoms with Gasteiger partial charge in [0.1, 0.15) is 0 Å². The molecule has 2 N–H and O–H groups in total. The number of carbonyl (C=O) groups is 1. The quantitative estimate of drug-likeness (QED) is 0.384. The Labute approximate surface area is 132 Å². The van der Waals surface area contributed by atoms with Crippen molar-refractivity contribution >= 4 is 5.91 Å². The fourth-order valence-corrected chi connectivity index (χ4v) is 2.42. The highest BCUT2D eigenvalue weighted by Crippen LogP contribution is 2.11. The summed E-state index contributed by atoms with van der Waals surface area (Å²) in [6.07, 6.45) is 11.2. The zero-order chi connectivity index (χ0) is 15.9. The number of unbranched alkanes of at least 4 members (excludes halogenated alkanes) is 6. The van der Waals surface area contributed by atoms with Gasteiger partial charge in [0, 0.05) is 18.7 Å². The van der Waals surface area contributed by atoms with Gasteiger partial charge in [-0.15, -0.1) is 0 Å². The molecule has 0 rings (SSSR count). The second-order valence-corrected chi connectivity index (χ2v) is 5.91. The van der Waals surface area contributed by atoms with Crippen LogP contribution in [0.3, 0.4) is 0 Å². The molecule has 0 spiro atoms. The van der Waals surface area contributed by atoms with Gasteiger partial charge in [-0.25, -0.2) is 0 Å². The summed E-state index contributed by atoms with van der Waals surface area (Å²) in [5.41, 5.74) is 6.24. The zero-order valence-electron chi connectivity index (χ0n) is 14.3. The van der Waals surface area contributed by atoms with Gasteiger partial charge in [-0.05, 0) is 32.2 Å². The van der Waals surface area contributed by atoms with Crippen LogP contribution >= 0.6 is 0 Å². The summed E-state index contributed by atoms with van der Waals surface area (Å²) in [6.45, 7) is 10.8. The summed E-state index contributed by atoms with van der Waals surface area (Å²) < 4.78 is 0. The maximum absolute atomic E-state index is 12.5. The van der Waals surface area contributed by atoms with Gasteiger partial charge in [0.15, 0.2) is 0 Å². The Morgan fingerprint density at radius 3 is 1.86 bits per heavy atom. The van der Waals surface area contributed by atoms with Crippen LogP contribution in [0.1, 0.15) is 78.1 Å². The number of nitrogens with zero attached hydrogens (tertiary/aromatic N) is 1. The van der Waals surface area contributed by atoms with E-state index in [2.05, 4.69) is 20.4 Å². The van der Waals surface area contributed by atoms with Gasteiger partial charge in [0.2, 0.25) is 5.91 Å². The molecule has 0 aliphatic heterocycles. The summed E-state index contributed by atoms with van der Waals surface area (Å²) in [5, 5.41) is 0. The van der Waals surface area contributed by atoms with E-state index in [1.807, 2.05) is 4.90 Å². The Hall–Kier alpha value is -0.830. The fraction of sp³-hybridized carbons (Fsp3) is 0.833. The van der Waals surface area contributed by atoms with E-state index in [1.54, 1.807) is 0 Å². The largest absolute Gasteiger partial charge is 0.339 e. The third-order valence-electron chi connectivity index (χ3n) is 3.84. The first-order valence-electron chi connectivity index (χ1n) is 8.84. The molecule has 0 unspecified atom stereocenters. The number of rotatable bonds is 14. The molecule has 0 aromatic rings. The molecule has 0 bridgehead atoms. The van der Waals surface area contributed by atoms with E-state index in [1.165, 1.54) is 38.5 Å². The Morgan fingerprint density at radius 2 is 1.43 bits per heavy atom. The van der Waals surface area contributed by atoms with Crippen molar-refractivity contribution in [1.82, 2.24) is 4.90 Å². The smallest absolute Gasteiger partial charge is 0.249 e. The minimum absolute atomic E-state index is 0.149. The fourth-order valence-electron chi connectivity index (χ4n) is 2.42. The predicted octanol–water partition coefficient (Wildman–Crippen LogP) is 4.27. The van der Waals surface area contributed by atoms with Crippen LogP contribution in [0.25, 0.3) is 0 Å². The number of carbonyl (C=O) groups excluding carboxylic acids is 1. The Balaban J connectivity index is 4.25. The molecule has 0 saturated heterocycles. The van der Waals surface area contributed by atoms with Crippen LogP contribution in [0, 0.1) is 0 Å².